The van der Waals surface area contributed by atoms with Crippen LogP contribution in [0.25, 0.3) is 6.08 Å². The summed E-state index contributed by atoms with van der Waals surface area (Å²) >= 11 is 0. The summed E-state index contributed by atoms with van der Waals surface area (Å²) in [4.78, 5) is 22.7. The monoisotopic (exact) mass is 356 g/mol. The molecule has 25 heavy (non-hydrogen) atoms. The van der Waals surface area contributed by atoms with Crippen LogP contribution in [-0.4, -0.2) is 75.9 Å². The average Bonchev–Trinajstić information content (AvgIpc) is 2.63. The standard InChI is InChI=1S/C16H20O9/c1-24-12-6-9(2-4-10(12)19)3-5-14(21)25-13(8-18)16(23)15(22)11(20)7-17/h2-6,8,11,13,15-17,19-20,22-23H,7H2,1H3/b5-3+/t11-,13+,15-,16-/m1/s1. The fourth-order valence-corrected chi connectivity index (χ4v) is 1.84. The lowest BCUT2D eigenvalue weighted by molar-refractivity contribution is -0.163. The van der Waals surface area contributed by atoms with E-state index in [0.29, 0.717) is 5.56 Å². The zero-order chi connectivity index (χ0) is 19.0. The van der Waals surface area contributed by atoms with Gasteiger partial charge in [-0.05, 0) is 23.8 Å². The summed E-state index contributed by atoms with van der Waals surface area (Å²) in [5, 5.41) is 46.7. The number of methoxy groups -OCH3 is 1. The second-order valence-corrected chi connectivity index (χ2v) is 5.03. The Labute approximate surface area is 143 Å². The molecule has 0 fully saturated rings. The number of aromatic hydroxyl groups is 1. The molecule has 0 saturated carbocycles. The maximum absolute atomic E-state index is 11.7. The highest BCUT2D eigenvalue weighted by atomic mass is 16.6. The van der Waals surface area contributed by atoms with E-state index in [0.717, 1.165) is 6.08 Å². The fraction of sp³-hybridized carbons (Fsp3) is 0.375. The Morgan fingerprint density at radius 1 is 1.24 bits per heavy atom. The smallest absolute Gasteiger partial charge is 0.331 e. The van der Waals surface area contributed by atoms with Gasteiger partial charge in [-0.15, -0.1) is 0 Å². The number of phenols is 1. The van der Waals surface area contributed by atoms with Gasteiger partial charge in [0.05, 0.1) is 13.7 Å². The predicted octanol–water partition coefficient (Wildman–Crippen LogP) is -1.40. The molecular weight excluding hydrogens is 336 g/mol. The second-order valence-electron chi connectivity index (χ2n) is 5.03. The van der Waals surface area contributed by atoms with Crippen molar-refractivity contribution < 1.29 is 44.6 Å². The van der Waals surface area contributed by atoms with E-state index < -0.39 is 37.0 Å². The number of carbonyl (C=O) groups is 2. The molecule has 0 aliphatic carbocycles. The van der Waals surface area contributed by atoms with Gasteiger partial charge in [0.1, 0.15) is 18.3 Å². The van der Waals surface area contributed by atoms with Crippen LogP contribution in [0.5, 0.6) is 11.5 Å². The number of aliphatic hydroxyl groups is 4. The zero-order valence-corrected chi connectivity index (χ0v) is 13.3. The molecule has 1 rings (SSSR count). The Kier molecular flexibility index (Phi) is 8.02. The quantitative estimate of drug-likeness (QED) is 0.204. The van der Waals surface area contributed by atoms with Crippen molar-refractivity contribution in [1.29, 1.82) is 0 Å². The number of esters is 1. The second kappa shape index (κ2) is 9.74. The summed E-state index contributed by atoms with van der Waals surface area (Å²) in [6.45, 7) is -0.847. The Morgan fingerprint density at radius 3 is 2.48 bits per heavy atom. The summed E-state index contributed by atoms with van der Waals surface area (Å²) in [6, 6.07) is 4.30. The molecule has 138 valence electrons. The molecule has 0 unspecified atom stereocenters. The highest BCUT2D eigenvalue weighted by molar-refractivity contribution is 5.88. The molecule has 1 aromatic rings. The lowest BCUT2D eigenvalue weighted by Gasteiger charge is -2.25. The maximum atomic E-state index is 11.7. The molecule has 0 saturated heterocycles. The number of aliphatic hydroxyl groups excluding tert-OH is 4. The summed E-state index contributed by atoms with van der Waals surface area (Å²) in [6.07, 6.45) is -4.85. The van der Waals surface area contributed by atoms with Crippen molar-refractivity contribution >= 4 is 18.3 Å². The molecule has 0 heterocycles. The van der Waals surface area contributed by atoms with E-state index >= 15 is 0 Å². The Bertz CT molecular complexity index is 614. The summed E-state index contributed by atoms with van der Waals surface area (Å²) in [5.74, 6) is -0.880. The molecule has 0 aliphatic heterocycles. The van der Waals surface area contributed by atoms with Gasteiger partial charge in [-0.1, -0.05) is 6.07 Å². The summed E-state index contributed by atoms with van der Waals surface area (Å²) < 4.78 is 9.62. The minimum absolute atomic E-state index is 0.0807. The van der Waals surface area contributed by atoms with Crippen LogP contribution in [-0.2, 0) is 14.3 Å². The van der Waals surface area contributed by atoms with Gasteiger partial charge in [0.15, 0.2) is 23.9 Å². The van der Waals surface area contributed by atoms with E-state index in [1.165, 1.54) is 31.4 Å². The van der Waals surface area contributed by atoms with E-state index in [-0.39, 0.29) is 17.8 Å². The van der Waals surface area contributed by atoms with Crippen molar-refractivity contribution in [3.05, 3.63) is 29.8 Å². The predicted molar refractivity (Wildman–Crippen MR) is 84.7 cm³/mol. The number of benzene rings is 1. The molecule has 9 heteroatoms. The van der Waals surface area contributed by atoms with Crippen molar-refractivity contribution in [3.63, 3.8) is 0 Å². The van der Waals surface area contributed by atoms with Crippen LogP contribution in [0, 0.1) is 0 Å². The molecule has 1 aromatic carbocycles. The largest absolute Gasteiger partial charge is 0.504 e. The first-order valence-corrected chi connectivity index (χ1v) is 7.20. The minimum atomic E-state index is -1.91. The van der Waals surface area contributed by atoms with Crippen LogP contribution in [0.4, 0.5) is 0 Å². The third kappa shape index (κ3) is 5.84. The van der Waals surface area contributed by atoms with Crippen LogP contribution in [0.2, 0.25) is 0 Å². The molecule has 9 nitrogen and oxygen atoms in total. The molecule has 0 radical (unpaired) electrons. The molecule has 0 spiro atoms. The molecular formula is C16H20O9. The summed E-state index contributed by atoms with van der Waals surface area (Å²) in [7, 11) is 1.36. The lowest BCUT2D eigenvalue weighted by atomic mass is 10.0. The van der Waals surface area contributed by atoms with Gasteiger partial charge in [-0.2, -0.15) is 0 Å². The summed E-state index contributed by atoms with van der Waals surface area (Å²) in [5.41, 5.74) is 0.491. The van der Waals surface area contributed by atoms with Crippen LogP contribution in [0.3, 0.4) is 0 Å². The lowest BCUT2D eigenvalue weighted by Crippen LogP contribution is -2.47. The van der Waals surface area contributed by atoms with Crippen molar-refractivity contribution in [3.8, 4) is 11.5 Å². The number of ether oxygens (including phenoxy) is 2. The highest BCUT2D eigenvalue weighted by Gasteiger charge is 2.33. The SMILES string of the molecule is COc1cc(/C=C/C(=O)O[C@@H](C=O)[C@@H](O)[C@H](O)[C@H](O)CO)ccc1O. The number of phenolic OH excluding ortho intramolecular Hbond substituents is 1. The zero-order valence-electron chi connectivity index (χ0n) is 13.3. The molecule has 5 N–H and O–H groups in total. The molecule has 0 amide bonds. The van der Waals surface area contributed by atoms with Crippen LogP contribution in [0.15, 0.2) is 24.3 Å². The third-order valence-electron chi connectivity index (χ3n) is 3.27. The van der Waals surface area contributed by atoms with Crippen molar-refractivity contribution in [2.45, 2.75) is 24.4 Å². The van der Waals surface area contributed by atoms with Crippen molar-refractivity contribution in [2.75, 3.05) is 13.7 Å². The Hall–Kier alpha value is -2.46. The van der Waals surface area contributed by atoms with Crippen molar-refractivity contribution in [2.24, 2.45) is 0 Å². The Morgan fingerprint density at radius 2 is 1.92 bits per heavy atom. The molecule has 4 atom stereocenters. The topological polar surface area (TPSA) is 154 Å². The minimum Gasteiger partial charge on any atom is -0.504 e. The fourth-order valence-electron chi connectivity index (χ4n) is 1.84. The normalized spacial score (nSPS) is 16.0. The van der Waals surface area contributed by atoms with E-state index in [9.17, 15) is 30.0 Å². The van der Waals surface area contributed by atoms with Gasteiger partial charge >= 0.3 is 5.97 Å². The number of hydrogen-bond donors (Lipinski definition) is 5. The first-order chi connectivity index (χ1) is 11.8. The molecule has 0 aliphatic rings. The number of hydrogen-bond acceptors (Lipinski definition) is 9. The first-order valence-electron chi connectivity index (χ1n) is 7.20. The van der Waals surface area contributed by atoms with E-state index in [2.05, 4.69) is 0 Å². The average molecular weight is 356 g/mol. The Balaban J connectivity index is 2.74. The number of aldehydes is 1. The van der Waals surface area contributed by atoms with E-state index in [1.54, 1.807) is 0 Å². The van der Waals surface area contributed by atoms with E-state index in [1.807, 2.05) is 0 Å². The third-order valence-corrected chi connectivity index (χ3v) is 3.27. The van der Waals surface area contributed by atoms with Crippen LogP contribution in [0.1, 0.15) is 5.56 Å². The van der Waals surface area contributed by atoms with Crippen LogP contribution < -0.4 is 4.74 Å². The van der Waals surface area contributed by atoms with Gasteiger partial charge in [0, 0.05) is 6.08 Å². The number of rotatable bonds is 9. The maximum Gasteiger partial charge on any atom is 0.331 e. The number of carbonyl (C=O) groups excluding carboxylic acids is 2. The van der Waals surface area contributed by atoms with Gasteiger partial charge in [0.25, 0.3) is 0 Å². The van der Waals surface area contributed by atoms with Gasteiger partial charge < -0.3 is 35.0 Å². The first kappa shape index (κ1) is 20.6. The highest BCUT2D eigenvalue weighted by Crippen LogP contribution is 2.26. The van der Waals surface area contributed by atoms with E-state index in [4.69, 9.17) is 14.6 Å². The molecule has 0 aromatic heterocycles. The van der Waals surface area contributed by atoms with Crippen molar-refractivity contribution in [1.82, 2.24) is 0 Å². The van der Waals surface area contributed by atoms with Gasteiger partial charge in [-0.3, -0.25) is 4.79 Å². The van der Waals surface area contributed by atoms with Gasteiger partial charge in [-0.25, -0.2) is 4.79 Å². The molecule has 0 bridgehead atoms. The van der Waals surface area contributed by atoms with Gasteiger partial charge in [0.2, 0.25) is 0 Å². The van der Waals surface area contributed by atoms with Crippen LogP contribution >= 0.6 is 0 Å².